The number of urea groups is 1. The molecule has 3 amide bonds. The molecule has 29 heavy (non-hydrogen) atoms. The van der Waals surface area contributed by atoms with E-state index < -0.39 is 0 Å². The number of carbonyl (C=O) groups is 2. The van der Waals surface area contributed by atoms with E-state index in [0.717, 1.165) is 30.5 Å². The van der Waals surface area contributed by atoms with E-state index in [9.17, 15) is 9.59 Å². The van der Waals surface area contributed by atoms with Gasteiger partial charge in [-0.3, -0.25) is 4.79 Å². The third kappa shape index (κ3) is 4.97. The Kier molecular flexibility index (Phi) is 6.91. The van der Waals surface area contributed by atoms with Crippen molar-refractivity contribution in [2.75, 3.05) is 25.0 Å². The van der Waals surface area contributed by atoms with Gasteiger partial charge in [0.1, 0.15) is 6.54 Å². The van der Waals surface area contributed by atoms with E-state index >= 15 is 0 Å². The fourth-order valence-corrected chi connectivity index (χ4v) is 3.88. The van der Waals surface area contributed by atoms with Crippen molar-refractivity contribution in [2.24, 2.45) is 0 Å². The molecule has 0 aromatic heterocycles. The van der Waals surface area contributed by atoms with Crippen LogP contribution in [0.15, 0.2) is 48.5 Å². The highest BCUT2D eigenvalue weighted by Crippen LogP contribution is 2.29. The quantitative estimate of drug-likeness (QED) is 0.768. The van der Waals surface area contributed by atoms with Crippen molar-refractivity contribution in [2.45, 2.75) is 46.1 Å². The van der Waals surface area contributed by atoms with Crippen molar-refractivity contribution in [3.05, 3.63) is 65.2 Å². The molecule has 0 bridgehead atoms. The smallest absolute Gasteiger partial charge is 0.322 e. The summed E-state index contributed by atoms with van der Waals surface area (Å²) in [6, 6.07) is 15.8. The fraction of sp³-hybridized carbons (Fsp3) is 0.417. The Morgan fingerprint density at radius 1 is 1.14 bits per heavy atom. The van der Waals surface area contributed by atoms with Crippen LogP contribution in [0.2, 0.25) is 0 Å². The number of benzene rings is 2. The van der Waals surface area contributed by atoms with Crippen LogP contribution in [0.4, 0.5) is 10.5 Å². The van der Waals surface area contributed by atoms with Crippen LogP contribution in [-0.2, 0) is 11.2 Å². The van der Waals surface area contributed by atoms with Crippen molar-refractivity contribution in [1.82, 2.24) is 9.80 Å². The monoisotopic (exact) mass is 393 g/mol. The summed E-state index contributed by atoms with van der Waals surface area (Å²) >= 11 is 0. The van der Waals surface area contributed by atoms with Crippen molar-refractivity contribution >= 4 is 17.6 Å². The molecule has 1 aliphatic rings. The van der Waals surface area contributed by atoms with Crippen LogP contribution >= 0.6 is 0 Å². The van der Waals surface area contributed by atoms with Crippen LogP contribution in [-0.4, -0.2) is 41.4 Å². The number of hydrogen-bond donors (Lipinski definition) is 1. The number of nitrogens with zero attached hydrogens (tertiary/aromatic N) is 2. The van der Waals surface area contributed by atoms with Crippen LogP contribution in [0.1, 0.15) is 49.4 Å². The SMILES string of the molecule is CCCCN(CC(=O)N1CCc2ccccc2C1C)C(=O)Nc1ccccc1C. The summed E-state index contributed by atoms with van der Waals surface area (Å²) in [4.78, 5) is 29.6. The van der Waals surface area contributed by atoms with Gasteiger partial charge in [-0.2, -0.15) is 0 Å². The number of amides is 3. The molecule has 3 rings (SSSR count). The molecule has 0 radical (unpaired) electrons. The van der Waals surface area contributed by atoms with Crippen LogP contribution in [0.5, 0.6) is 0 Å². The highest BCUT2D eigenvalue weighted by atomic mass is 16.2. The zero-order chi connectivity index (χ0) is 20.8. The second-order valence-corrected chi connectivity index (χ2v) is 7.73. The first kappa shape index (κ1) is 20.9. The molecular weight excluding hydrogens is 362 g/mol. The first-order valence-electron chi connectivity index (χ1n) is 10.5. The Hall–Kier alpha value is -2.82. The third-order valence-electron chi connectivity index (χ3n) is 5.70. The van der Waals surface area contributed by atoms with Gasteiger partial charge in [0, 0.05) is 18.8 Å². The van der Waals surface area contributed by atoms with Crippen LogP contribution < -0.4 is 5.32 Å². The van der Waals surface area contributed by atoms with Crippen LogP contribution in [0, 0.1) is 6.92 Å². The molecule has 1 N–H and O–H groups in total. The summed E-state index contributed by atoms with van der Waals surface area (Å²) in [5, 5.41) is 2.97. The summed E-state index contributed by atoms with van der Waals surface area (Å²) in [7, 11) is 0. The lowest BCUT2D eigenvalue weighted by molar-refractivity contribution is -0.134. The molecule has 1 heterocycles. The molecule has 0 spiro atoms. The Labute approximate surface area is 173 Å². The van der Waals surface area contributed by atoms with Gasteiger partial charge in [-0.1, -0.05) is 55.8 Å². The molecule has 2 aromatic carbocycles. The number of rotatable bonds is 6. The molecule has 5 heteroatoms. The predicted octanol–water partition coefficient (Wildman–Crippen LogP) is 4.77. The van der Waals surface area contributed by atoms with Gasteiger partial charge in [0.05, 0.1) is 6.04 Å². The highest BCUT2D eigenvalue weighted by molar-refractivity contribution is 5.93. The van der Waals surface area contributed by atoms with Gasteiger partial charge in [0.15, 0.2) is 0 Å². The Morgan fingerprint density at radius 3 is 2.62 bits per heavy atom. The van der Waals surface area contributed by atoms with E-state index in [-0.39, 0.29) is 24.5 Å². The highest BCUT2D eigenvalue weighted by Gasteiger charge is 2.29. The minimum absolute atomic E-state index is 0.00281. The number of nitrogens with one attached hydrogen (secondary N) is 1. The topological polar surface area (TPSA) is 52.7 Å². The molecule has 0 saturated heterocycles. The number of anilines is 1. The molecule has 0 saturated carbocycles. The van der Waals surface area contributed by atoms with Gasteiger partial charge >= 0.3 is 6.03 Å². The average Bonchev–Trinajstić information content (AvgIpc) is 2.73. The average molecular weight is 394 g/mol. The summed E-state index contributed by atoms with van der Waals surface area (Å²) in [5.74, 6) is 0.00281. The van der Waals surface area contributed by atoms with Gasteiger partial charge < -0.3 is 15.1 Å². The Bertz CT molecular complexity index is 865. The summed E-state index contributed by atoms with van der Waals surface area (Å²) in [6.07, 6.45) is 2.69. The van der Waals surface area contributed by atoms with Crippen molar-refractivity contribution in [3.63, 3.8) is 0 Å². The summed E-state index contributed by atoms with van der Waals surface area (Å²) in [6.45, 7) is 7.48. The molecule has 5 nitrogen and oxygen atoms in total. The largest absolute Gasteiger partial charge is 0.334 e. The lowest BCUT2D eigenvalue weighted by Crippen LogP contribution is -2.47. The Balaban J connectivity index is 1.70. The minimum Gasteiger partial charge on any atom is -0.334 e. The Morgan fingerprint density at radius 2 is 1.86 bits per heavy atom. The van der Waals surface area contributed by atoms with E-state index in [0.29, 0.717) is 13.1 Å². The van der Waals surface area contributed by atoms with Gasteiger partial charge in [0.25, 0.3) is 0 Å². The minimum atomic E-state index is -0.217. The van der Waals surface area contributed by atoms with E-state index in [2.05, 4.69) is 31.3 Å². The fourth-order valence-electron chi connectivity index (χ4n) is 3.88. The van der Waals surface area contributed by atoms with E-state index in [4.69, 9.17) is 0 Å². The first-order chi connectivity index (χ1) is 14.0. The van der Waals surface area contributed by atoms with Crippen molar-refractivity contribution in [3.8, 4) is 0 Å². The van der Waals surface area contributed by atoms with Crippen LogP contribution in [0.3, 0.4) is 0 Å². The number of fused-ring (bicyclic) bond motifs is 1. The molecule has 2 aromatic rings. The normalized spacial score (nSPS) is 15.6. The zero-order valence-electron chi connectivity index (χ0n) is 17.6. The van der Waals surface area contributed by atoms with Gasteiger partial charge in [-0.05, 0) is 49.4 Å². The number of carbonyl (C=O) groups excluding carboxylic acids is 2. The molecule has 1 unspecified atom stereocenters. The lowest BCUT2D eigenvalue weighted by Gasteiger charge is -2.36. The standard InChI is InChI=1S/C24H31N3O2/c1-4-5-15-26(24(29)25-22-13-9-6-10-18(22)2)17-23(28)27-16-14-20-11-7-8-12-21(20)19(27)3/h6-13,19H,4-5,14-17H2,1-3H3,(H,25,29). The van der Waals surface area contributed by atoms with Gasteiger partial charge in [-0.15, -0.1) is 0 Å². The maximum atomic E-state index is 13.1. The van der Waals surface area contributed by atoms with Gasteiger partial charge in [-0.25, -0.2) is 4.79 Å². The number of para-hydroxylation sites is 1. The van der Waals surface area contributed by atoms with E-state index in [1.54, 1.807) is 4.90 Å². The van der Waals surface area contributed by atoms with Gasteiger partial charge in [0.2, 0.25) is 5.91 Å². The molecule has 0 aliphatic carbocycles. The number of aryl methyl sites for hydroxylation is 1. The maximum Gasteiger partial charge on any atom is 0.322 e. The molecule has 0 fully saturated rings. The summed E-state index contributed by atoms with van der Waals surface area (Å²) in [5.41, 5.74) is 4.30. The molecule has 154 valence electrons. The second-order valence-electron chi connectivity index (χ2n) is 7.73. The van der Waals surface area contributed by atoms with Crippen molar-refractivity contribution < 1.29 is 9.59 Å². The van der Waals surface area contributed by atoms with Crippen molar-refractivity contribution in [1.29, 1.82) is 0 Å². The second kappa shape index (κ2) is 9.59. The molecule has 1 aliphatic heterocycles. The lowest BCUT2D eigenvalue weighted by atomic mass is 9.93. The third-order valence-corrected chi connectivity index (χ3v) is 5.70. The van der Waals surface area contributed by atoms with Crippen LogP contribution in [0.25, 0.3) is 0 Å². The zero-order valence-corrected chi connectivity index (χ0v) is 17.6. The molecule has 1 atom stereocenters. The predicted molar refractivity (Wildman–Crippen MR) is 117 cm³/mol. The molecular formula is C24H31N3O2. The number of unbranched alkanes of at least 4 members (excludes halogenated alkanes) is 1. The number of hydrogen-bond acceptors (Lipinski definition) is 2. The van der Waals surface area contributed by atoms with E-state index in [1.807, 2.05) is 48.2 Å². The summed E-state index contributed by atoms with van der Waals surface area (Å²) < 4.78 is 0. The van der Waals surface area contributed by atoms with E-state index in [1.165, 1.54) is 11.1 Å². The maximum absolute atomic E-state index is 13.1. The first-order valence-corrected chi connectivity index (χ1v) is 10.5.